The van der Waals surface area contributed by atoms with E-state index in [1.165, 1.54) is 70.6 Å². The minimum Gasteiger partial charge on any atom is -0.268 e. The second kappa shape index (κ2) is 19.1. The van der Waals surface area contributed by atoms with Crippen LogP contribution in [0.1, 0.15) is 104 Å². The van der Waals surface area contributed by atoms with E-state index in [1.54, 1.807) is 0 Å². The predicted octanol–water partition coefficient (Wildman–Crippen LogP) is 6.10. The first-order valence-electron chi connectivity index (χ1n) is 9.49. The molecule has 1 atom stereocenters. The summed E-state index contributed by atoms with van der Waals surface area (Å²) in [6, 6.07) is 0. The summed E-state index contributed by atoms with van der Waals surface area (Å²) >= 11 is -1.54. The number of unbranched alkanes of at least 4 members (excludes halogenated alkanes) is 12. The van der Waals surface area contributed by atoms with Gasteiger partial charge in [0.15, 0.2) is 0 Å². The standard InChI is InChI=1S/C18H38O3S/c1-3-5-7-9-10-11-12-13-14-16-18-21-22(19)20-17-15-8-6-4-2/h3-18H2,1-2H3. The van der Waals surface area contributed by atoms with Crippen LogP contribution in [-0.4, -0.2) is 17.4 Å². The minimum atomic E-state index is -1.54. The average Bonchev–Trinajstić information content (AvgIpc) is 2.52. The van der Waals surface area contributed by atoms with Gasteiger partial charge in [0.2, 0.25) is 0 Å². The molecule has 134 valence electrons. The highest BCUT2D eigenvalue weighted by atomic mass is 32.2. The molecule has 0 saturated carbocycles. The summed E-state index contributed by atoms with van der Waals surface area (Å²) in [7, 11) is 0. The molecule has 22 heavy (non-hydrogen) atoms. The molecule has 0 amide bonds. The van der Waals surface area contributed by atoms with Gasteiger partial charge in [0.05, 0.1) is 13.2 Å². The second-order valence-corrected chi connectivity index (χ2v) is 6.97. The molecule has 0 aliphatic rings. The smallest absolute Gasteiger partial charge is 0.268 e. The highest BCUT2D eigenvalue weighted by molar-refractivity contribution is 7.75. The van der Waals surface area contributed by atoms with Crippen molar-refractivity contribution in [2.45, 2.75) is 104 Å². The molecule has 0 aliphatic heterocycles. The molecule has 0 radical (unpaired) electrons. The van der Waals surface area contributed by atoms with E-state index >= 15 is 0 Å². The van der Waals surface area contributed by atoms with Gasteiger partial charge in [0.25, 0.3) is 0 Å². The van der Waals surface area contributed by atoms with Crippen LogP contribution in [0.2, 0.25) is 0 Å². The Morgan fingerprint density at radius 2 is 0.864 bits per heavy atom. The summed E-state index contributed by atoms with van der Waals surface area (Å²) in [6.07, 6.45) is 17.5. The van der Waals surface area contributed by atoms with Crippen molar-refractivity contribution in [2.24, 2.45) is 0 Å². The zero-order valence-corrected chi connectivity index (χ0v) is 15.8. The highest BCUT2D eigenvalue weighted by Crippen LogP contribution is 2.10. The van der Waals surface area contributed by atoms with Crippen LogP contribution in [0.15, 0.2) is 0 Å². The van der Waals surface area contributed by atoms with Crippen molar-refractivity contribution in [3.8, 4) is 0 Å². The largest absolute Gasteiger partial charge is 0.304 e. The van der Waals surface area contributed by atoms with E-state index in [0.717, 1.165) is 19.3 Å². The number of rotatable bonds is 18. The van der Waals surface area contributed by atoms with Gasteiger partial charge in [0, 0.05) is 0 Å². The molecule has 0 aromatic carbocycles. The monoisotopic (exact) mass is 334 g/mol. The lowest BCUT2D eigenvalue weighted by Gasteiger charge is -2.04. The van der Waals surface area contributed by atoms with Crippen LogP contribution in [0.3, 0.4) is 0 Å². The van der Waals surface area contributed by atoms with E-state index in [4.69, 9.17) is 8.37 Å². The van der Waals surface area contributed by atoms with E-state index in [9.17, 15) is 4.21 Å². The molecule has 0 spiro atoms. The maximum absolute atomic E-state index is 11.4. The van der Waals surface area contributed by atoms with Crippen molar-refractivity contribution in [2.75, 3.05) is 13.2 Å². The van der Waals surface area contributed by atoms with Crippen LogP contribution in [0, 0.1) is 0 Å². The Kier molecular flexibility index (Phi) is 19.2. The fourth-order valence-corrected chi connectivity index (χ4v) is 2.98. The fourth-order valence-electron chi connectivity index (χ4n) is 2.41. The van der Waals surface area contributed by atoms with Crippen molar-refractivity contribution in [1.29, 1.82) is 0 Å². The lowest BCUT2D eigenvalue weighted by atomic mass is 10.1. The summed E-state index contributed by atoms with van der Waals surface area (Å²) in [5.41, 5.74) is 0. The highest BCUT2D eigenvalue weighted by Gasteiger charge is 2.00. The van der Waals surface area contributed by atoms with Crippen LogP contribution in [-0.2, 0) is 19.7 Å². The SMILES string of the molecule is CCCCCCCCCCCCOS(=O)OCCCCCC. The van der Waals surface area contributed by atoms with E-state index in [1.807, 2.05) is 0 Å². The molecule has 0 aromatic heterocycles. The third kappa shape index (κ3) is 18.1. The fraction of sp³-hybridized carbons (Fsp3) is 1.00. The summed E-state index contributed by atoms with van der Waals surface area (Å²) in [5.74, 6) is 0. The average molecular weight is 335 g/mol. The maximum Gasteiger partial charge on any atom is 0.304 e. The van der Waals surface area contributed by atoms with Gasteiger partial charge in [-0.1, -0.05) is 90.9 Å². The van der Waals surface area contributed by atoms with Crippen LogP contribution < -0.4 is 0 Å². The number of hydrogen-bond donors (Lipinski definition) is 0. The normalized spacial score (nSPS) is 12.6. The van der Waals surface area contributed by atoms with Gasteiger partial charge < -0.3 is 0 Å². The van der Waals surface area contributed by atoms with Gasteiger partial charge in [-0.2, -0.15) is 4.21 Å². The molecular weight excluding hydrogens is 296 g/mol. The van der Waals surface area contributed by atoms with E-state index < -0.39 is 11.4 Å². The molecule has 0 bridgehead atoms. The molecule has 0 saturated heterocycles. The van der Waals surface area contributed by atoms with Crippen molar-refractivity contribution >= 4 is 11.4 Å². The van der Waals surface area contributed by atoms with E-state index in [0.29, 0.717) is 13.2 Å². The summed E-state index contributed by atoms with van der Waals surface area (Å²) in [6.45, 7) is 5.53. The van der Waals surface area contributed by atoms with Crippen LogP contribution in [0.4, 0.5) is 0 Å². The van der Waals surface area contributed by atoms with Gasteiger partial charge >= 0.3 is 11.4 Å². The molecule has 0 fully saturated rings. The van der Waals surface area contributed by atoms with Gasteiger partial charge in [-0.15, -0.1) is 0 Å². The zero-order chi connectivity index (χ0) is 16.3. The van der Waals surface area contributed by atoms with Crippen molar-refractivity contribution in [3.63, 3.8) is 0 Å². The molecular formula is C18H38O3S. The first kappa shape index (κ1) is 22.1. The Hall–Kier alpha value is 0.0700. The summed E-state index contributed by atoms with van der Waals surface area (Å²) < 4.78 is 21.7. The quantitative estimate of drug-likeness (QED) is 0.284. The van der Waals surface area contributed by atoms with Crippen LogP contribution in [0.5, 0.6) is 0 Å². The molecule has 4 heteroatoms. The first-order chi connectivity index (χ1) is 10.8. The molecule has 3 nitrogen and oxygen atoms in total. The zero-order valence-electron chi connectivity index (χ0n) is 14.9. The van der Waals surface area contributed by atoms with Crippen LogP contribution >= 0.6 is 0 Å². The Bertz CT molecular complexity index is 234. The Labute approximate surface area is 141 Å². The van der Waals surface area contributed by atoms with Gasteiger partial charge in [-0.25, -0.2) is 0 Å². The van der Waals surface area contributed by atoms with Gasteiger partial charge in [-0.05, 0) is 12.8 Å². The molecule has 0 aliphatic carbocycles. The Balaban J connectivity index is 3.10. The molecule has 0 N–H and O–H groups in total. The third-order valence-corrected chi connectivity index (χ3v) is 4.57. The minimum absolute atomic E-state index is 0.546. The maximum atomic E-state index is 11.4. The lowest BCUT2D eigenvalue weighted by molar-refractivity contribution is 0.241. The second-order valence-electron chi connectivity index (χ2n) is 6.09. The topological polar surface area (TPSA) is 35.5 Å². The van der Waals surface area contributed by atoms with E-state index in [2.05, 4.69) is 13.8 Å². The van der Waals surface area contributed by atoms with Crippen molar-refractivity contribution in [1.82, 2.24) is 0 Å². The first-order valence-corrected chi connectivity index (χ1v) is 10.5. The predicted molar refractivity (Wildman–Crippen MR) is 96.0 cm³/mol. The molecule has 1 unspecified atom stereocenters. The molecule has 0 rings (SSSR count). The Morgan fingerprint density at radius 3 is 1.27 bits per heavy atom. The van der Waals surface area contributed by atoms with Crippen molar-refractivity contribution < 1.29 is 12.6 Å². The van der Waals surface area contributed by atoms with Crippen LogP contribution in [0.25, 0.3) is 0 Å². The van der Waals surface area contributed by atoms with E-state index in [-0.39, 0.29) is 0 Å². The lowest BCUT2D eigenvalue weighted by Crippen LogP contribution is -2.05. The third-order valence-electron chi connectivity index (χ3n) is 3.85. The number of hydrogen-bond acceptors (Lipinski definition) is 3. The Morgan fingerprint density at radius 1 is 0.545 bits per heavy atom. The molecule has 0 aromatic rings. The molecule has 0 heterocycles. The van der Waals surface area contributed by atoms with Gasteiger partial charge in [0.1, 0.15) is 0 Å². The summed E-state index contributed by atoms with van der Waals surface area (Å²) in [4.78, 5) is 0. The summed E-state index contributed by atoms with van der Waals surface area (Å²) in [5, 5.41) is 0. The van der Waals surface area contributed by atoms with Gasteiger partial charge in [-0.3, -0.25) is 8.37 Å². The van der Waals surface area contributed by atoms with Crippen molar-refractivity contribution in [3.05, 3.63) is 0 Å².